The molecule has 0 amide bonds. The fourth-order valence-corrected chi connectivity index (χ4v) is 6.59. The fourth-order valence-electron chi connectivity index (χ4n) is 6.40. The van der Waals surface area contributed by atoms with Gasteiger partial charge in [0.15, 0.2) is 5.82 Å². The quantitative estimate of drug-likeness (QED) is 0.557. The molecule has 1 saturated carbocycles. The monoisotopic (exact) mass is 487 g/mol. The number of aromatic nitrogens is 4. The molecule has 1 aromatic carbocycles. The van der Waals surface area contributed by atoms with Crippen molar-refractivity contribution >= 4 is 17.4 Å². The molecule has 3 aliphatic heterocycles. The summed E-state index contributed by atoms with van der Waals surface area (Å²) in [6, 6.07) is 14.4. The molecule has 3 aromatic rings. The average Bonchev–Trinajstić information content (AvgIpc) is 3.45. The molecule has 9 heteroatoms. The van der Waals surface area contributed by atoms with Gasteiger partial charge < -0.3 is 9.64 Å². The number of hydrogen-bond donors (Lipinski definition) is 0. The smallest absolute Gasteiger partial charge is 0.151 e. The Morgan fingerprint density at radius 2 is 2.00 bits per heavy atom. The van der Waals surface area contributed by atoms with E-state index in [-0.39, 0.29) is 0 Å². The molecule has 1 spiro atoms. The average molecular weight is 488 g/mol. The Morgan fingerprint density at radius 1 is 1.11 bits per heavy atom. The van der Waals surface area contributed by atoms with Crippen LogP contribution in [0.25, 0.3) is 5.69 Å². The highest BCUT2D eigenvalue weighted by molar-refractivity contribution is 6.30. The van der Waals surface area contributed by atoms with Crippen molar-refractivity contribution < 1.29 is 4.74 Å². The number of nitriles is 1. The standard InChI is InChI=1S/C26H26ClN7O/c27-19-4-5-22-17(8-19)12-32(21-6-7-35-14-21)13-24-30-31-25(34(22)24)18-9-26(10-18)15-33(16-26)23-3-1-2-20(11-28)29-23/h1-5,8,18,21H,6-7,9-10,12-16H2/t21-/m1/s1. The van der Waals surface area contributed by atoms with Gasteiger partial charge in [0, 0.05) is 48.6 Å². The summed E-state index contributed by atoms with van der Waals surface area (Å²) in [7, 11) is 0. The molecule has 35 heavy (non-hydrogen) atoms. The van der Waals surface area contributed by atoms with Crippen LogP contribution in [0.1, 0.15) is 48.1 Å². The van der Waals surface area contributed by atoms with Gasteiger partial charge in [0.05, 0.1) is 18.8 Å². The minimum atomic E-state index is 0.308. The lowest BCUT2D eigenvalue weighted by Crippen LogP contribution is -2.62. The summed E-state index contributed by atoms with van der Waals surface area (Å²) in [6.07, 6.45) is 3.25. The number of ether oxygens (including phenoxy) is 1. The third-order valence-corrected chi connectivity index (χ3v) is 8.36. The Bertz CT molecular complexity index is 1330. The molecule has 178 valence electrons. The molecule has 2 saturated heterocycles. The van der Waals surface area contributed by atoms with Crippen LogP contribution < -0.4 is 4.90 Å². The molecule has 7 rings (SSSR count). The maximum atomic E-state index is 9.15. The molecule has 0 unspecified atom stereocenters. The van der Waals surface area contributed by atoms with Crippen LogP contribution in [0, 0.1) is 16.7 Å². The van der Waals surface area contributed by atoms with Crippen LogP contribution in [0.15, 0.2) is 36.4 Å². The van der Waals surface area contributed by atoms with Gasteiger partial charge in [-0.1, -0.05) is 17.7 Å². The van der Waals surface area contributed by atoms with Gasteiger partial charge in [-0.3, -0.25) is 9.47 Å². The molecule has 0 radical (unpaired) electrons. The summed E-state index contributed by atoms with van der Waals surface area (Å²) in [5.41, 5.74) is 3.15. The first-order chi connectivity index (χ1) is 17.1. The Morgan fingerprint density at radius 3 is 2.80 bits per heavy atom. The number of hydrogen-bond acceptors (Lipinski definition) is 7. The molecule has 4 aliphatic rings. The zero-order valence-electron chi connectivity index (χ0n) is 19.4. The Labute approximate surface area is 209 Å². The van der Waals surface area contributed by atoms with Crippen molar-refractivity contribution in [2.24, 2.45) is 5.41 Å². The number of fused-ring (bicyclic) bond motifs is 3. The Hall–Kier alpha value is -2.99. The second kappa shape index (κ2) is 8.02. The summed E-state index contributed by atoms with van der Waals surface area (Å²) in [4.78, 5) is 9.20. The summed E-state index contributed by atoms with van der Waals surface area (Å²) in [6.45, 7) is 5.15. The van der Waals surface area contributed by atoms with Gasteiger partial charge in [0.1, 0.15) is 23.4 Å². The first-order valence-electron chi connectivity index (χ1n) is 12.3. The predicted molar refractivity (Wildman–Crippen MR) is 130 cm³/mol. The SMILES string of the molecule is N#Cc1cccc(N2CC3(CC(c4nnc5n4-c4ccc(Cl)cc4CN([C@@H]4CCOC4)C5)C3)C2)n1. The molecule has 3 fully saturated rings. The highest BCUT2D eigenvalue weighted by atomic mass is 35.5. The van der Waals surface area contributed by atoms with Crippen molar-refractivity contribution in [3.05, 3.63) is 64.3 Å². The van der Waals surface area contributed by atoms with Gasteiger partial charge in [-0.05, 0) is 55.2 Å². The normalized spacial score (nSPS) is 23.2. The van der Waals surface area contributed by atoms with Gasteiger partial charge in [-0.15, -0.1) is 10.2 Å². The van der Waals surface area contributed by atoms with Crippen LogP contribution in [-0.4, -0.2) is 57.0 Å². The van der Waals surface area contributed by atoms with E-state index < -0.39 is 0 Å². The lowest BCUT2D eigenvalue weighted by molar-refractivity contribution is 0.0581. The molecule has 0 N–H and O–H groups in total. The first-order valence-corrected chi connectivity index (χ1v) is 12.7. The first kappa shape index (κ1) is 21.3. The van der Waals surface area contributed by atoms with Crippen molar-refractivity contribution in [2.45, 2.75) is 44.3 Å². The van der Waals surface area contributed by atoms with E-state index in [1.165, 1.54) is 5.56 Å². The fraction of sp³-hybridized carbons (Fsp3) is 0.462. The summed E-state index contributed by atoms with van der Waals surface area (Å²) >= 11 is 6.41. The van der Waals surface area contributed by atoms with Gasteiger partial charge in [0.2, 0.25) is 0 Å². The zero-order chi connectivity index (χ0) is 23.6. The van der Waals surface area contributed by atoms with E-state index in [0.717, 1.165) is 86.8 Å². The van der Waals surface area contributed by atoms with Crippen LogP contribution >= 0.6 is 11.6 Å². The Balaban J connectivity index is 1.13. The molecular weight excluding hydrogens is 462 g/mol. The molecule has 0 bridgehead atoms. The number of halogens is 1. The predicted octanol–water partition coefficient (Wildman–Crippen LogP) is 3.68. The van der Waals surface area contributed by atoms with Gasteiger partial charge in [-0.25, -0.2) is 4.98 Å². The van der Waals surface area contributed by atoms with Crippen LogP contribution in [0.3, 0.4) is 0 Å². The Kier molecular flexibility index (Phi) is 4.88. The topological polar surface area (TPSA) is 83.1 Å². The van der Waals surface area contributed by atoms with Crippen LogP contribution in [-0.2, 0) is 17.8 Å². The molecule has 1 atom stereocenters. The summed E-state index contributed by atoms with van der Waals surface area (Å²) in [5, 5.41) is 19.3. The molecule has 8 nitrogen and oxygen atoms in total. The van der Waals surface area contributed by atoms with E-state index in [0.29, 0.717) is 23.1 Å². The summed E-state index contributed by atoms with van der Waals surface area (Å²) < 4.78 is 7.98. The van der Waals surface area contributed by atoms with Crippen molar-refractivity contribution in [1.29, 1.82) is 5.26 Å². The van der Waals surface area contributed by atoms with Crippen molar-refractivity contribution in [2.75, 3.05) is 31.2 Å². The maximum absolute atomic E-state index is 9.15. The van der Waals surface area contributed by atoms with Gasteiger partial charge in [-0.2, -0.15) is 5.26 Å². The molecule has 2 aromatic heterocycles. The highest BCUT2D eigenvalue weighted by Crippen LogP contribution is 2.56. The molecule has 1 aliphatic carbocycles. The molecule has 5 heterocycles. The largest absolute Gasteiger partial charge is 0.380 e. The minimum absolute atomic E-state index is 0.308. The third-order valence-electron chi connectivity index (χ3n) is 8.13. The zero-order valence-corrected chi connectivity index (χ0v) is 20.2. The summed E-state index contributed by atoms with van der Waals surface area (Å²) in [5.74, 6) is 3.36. The van der Waals surface area contributed by atoms with Crippen molar-refractivity contribution in [1.82, 2.24) is 24.6 Å². The second-order valence-electron chi connectivity index (χ2n) is 10.5. The van der Waals surface area contributed by atoms with Crippen molar-refractivity contribution in [3.8, 4) is 11.8 Å². The van der Waals surface area contributed by atoms with Gasteiger partial charge >= 0.3 is 0 Å². The number of anilines is 1. The minimum Gasteiger partial charge on any atom is -0.380 e. The number of benzene rings is 1. The van der Waals surface area contributed by atoms with Crippen molar-refractivity contribution in [3.63, 3.8) is 0 Å². The lowest BCUT2D eigenvalue weighted by atomic mass is 9.57. The highest BCUT2D eigenvalue weighted by Gasteiger charge is 2.54. The molecular formula is C26H26ClN7O. The van der Waals surface area contributed by atoms with Gasteiger partial charge in [0.25, 0.3) is 0 Å². The second-order valence-corrected chi connectivity index (χ2v) is 10.9. The van der Waals surface area contributed by atoms with E-state index in [2.05, 4.69) is 42.7 Å². The number of pyridine rings is 1. The lowest BCUT2D eigenvalue weighted by Gasteiger charge is -2.59. The van der Waals surface area contributed by atoms with Crippen LogP contribution in [0.2, 0.25) is 5.02 Å². The van der Waals surface area contributed by atoms with Crippen LogP contribution in [0.5, 0.6) is 0 Å². The number of rotatable bonds is 3. The maximum Gasteiger partial charge on any atom is 0.151 e. The van der Waals surface area contributed by atoms with E-state index in [9.17, 15) is 0 Å². The van der Waals surface area contributed by atoms with Crippen LogP contribution in [0.4, 0.5) is 5.82 Å². The number of nitrogens with zero attached hydrogens (tertiary/aromatic N) is 7. The van der Waals surface area contributed by atoms with E-state index >= 15 is 0 Å². The van der Waals surface area contributed by atoms with E-state index in [1.807, 2.05) is 18.2 Å². The van der Waals surface area contributed by atoms with E-state index in [1.54, 1.807) is 6.07 Å². The third kappa shape index (κ3) is 3.53. The van der Waals surface area contributed by atoms with E-state index in [4.69, 9.17) is 26.7 Å².